The average Bonchev–Trinajstić information content (AvgIpc) is 3.29. The first-order valence-corrected chi connectivity index (χ1v) is 10.5. The summed E-state index contributed by atoms with van der Waals surface area (Å²) in [5.74, 6) is 2.51. The molecule has 1 amide bonds. The molecular weight excluding hydrogens is 450 g/mol. The van der Waals surface area contributed by atoms with Crippen LogP contribution in [0.1, 0.15) is 35.0 Å². The van der Waals surface area contributed by atoms with Crippen LogP contribution in [-0.4, -0.2) is 48.3 Å². The van der Waals surface area contributed by atoms with E-state index in [0.717, 1.165) is 22.9 Å². The second-order valence-corrected chi connectivity index (χ2v) is 8.05. The van der Waals surface area contributed by atoms with Gasteiger partial charge in [0.05, 0.1) is 14.2 Å². The number of carbonyl (C=O) groups excluding carboxylic acids is 1. The van der Waals surface area contributed by atoms with Gasteiger partial charge in [0.1, 0.15) is 11.5 Å². The number of carbonyl (C=O) groups is 1. The van der Waals surface area contributed by atoms with E-state index in [1.807, 2.05) is 29.2 Å². The Morgan fingerprint density at radius 3 is 2.30 bits per heavy atom. The first-order chi connectivity index (χ1) is 14.6. The first kappa shape index (κ1) is 20.4. The van der Waals surface area contributed by atoms with Gasteiger partial charge < -0.3 is 18.9 Å². The van der Waals surface area contributed by atoms with Crippen LogP contribution in [0.4, 0.5) is 0 Å². The molecule has 1 fully saturated rings. The fourth-order valence-electron chi connectivity index (χ4n) is 3.56. The minimum Gasteiger partial charge on any atom is -0.497 e. The molecule has 1 aromatic heterocycles. The predicted molar refractivity (Wildman–Crippen MR) is 115 cm³/mol. The normalized spacial score (nSPS) is 14.6. The quantitative estimate of drug-likeness (QED) is 0.543. The summed E-state index contributed by atoms with van der Waals surface area (Å²) in [7, 11) is 3.14. The van der Waals surface area contributed by atoms with Crippen LogP contribution in [0.15, 0.2) is 51.5 Å². The third-order valence-electron chi connectivity index (χ3n) is 5.27. The molecule has 0 unspecified atom stereocenters. The van der Waals surface area contributed by atoms with Gasteiger partial charge in [0, 0.05) is 40.7 Å². The smallest absolute Gasteiger partial charge is 0.254 e. The Balaban J connectivity index is 1.42. The number of piperidine rings is 1. The zero-order valence-corrected chi connectivity index (χ0v) is 18.4. The number of nitrogens with zero attached hydrogens (tertiary/aromatic N) is 3. The van der Waals surface area contributed by atoms with Crippen molar-refractivity contribution in [2.24, 2.45) is 0 Å². The maximum atomic E-state index is 13.0. The highest BCUT2D eigenvalue weighted by atomic mass is 79.9. The van der Waals surface area contributed by atoms with Crippen molar-refractivity contribution < 1.29 is 18.8 Å². The van der Waals surface area contributed by atoms with E-state index in [2.05, 4.69) is 26.1 Å². The van der Waals surface area contributed by atoms with Gasteiger partial charge >= 0.3 is 0 Å². The minimum absolute atomic E-state index is 0.0354. The SMILES string of the molecule is COc1cc(OC)cc(C(=O)N2CCC(c3nc(-c4ccc(Br)cc4)no3)CC2)c1. The fraction of sp³-hybridized carbons (Fsp3) is 0.318. The highest BCUT2D eigenvalue weighted by Gasteiger charge is 2.28. The minimum atomic E-state index is -0.0354. The standard InChI is InChI=1S/C22H22BrN3O4/c1-28-18-11-16(12-19(13-18)29-2)22(27)26-9-7-15(8-10-26)21-24-20(25-30-21)14-3-5-17(23)6-4-14/h3-6,11-13,15H,7-10H2,1-2H3. The summed E-state index contributed by atoms with van der Waals surface area (Å²) in [5.41, 5.74) is 1.47. The Morgan fingerprint density at radius 1 is 1.07 bits per heavy atom. The Bertz CT molecular complexity index is 1000. The van der Waals surface area contributed by atoms with Crippen LogP contribution in [0.3, 0.4) is 0 Å². The second kappa shape index (κ2) is 8.87. The highest BCUT2D eigenvalue weighted by Crippen LogP contribution is 2.30. The summed E-state index contributed by atoms with van der Waals surface area (Å²) in [5, 5.41) is 4.12. The molecule has 1 saturated heterocycles. The molecule has 0 aliphatic carbocycles. The van der Waals surface area contributed by atoms with Crippen molar-refractivity contribution >= 4 is 21.8 Å². The number of hydrogen-bond donors (Lipinski definition) is 0. The van der Waals surface area contributed by atoms with E-state index in [9.17, 15) is 4.79 Å². The van der Waals surface area contributed by atoms with Gasteiger partial charge in [-0.05, 0) is 49.2 Å². The van der Waals surface area contributed by atoms with E-state index in [-0.39, 0.29) is 11.8 Å². The van der Waals surface area contributed by atoms with Crippen molar-refractivity contribution in [3.05, 3.63) is 58.4 Å². The molecule has 0 spiro atoms. The summed E-state index contributed by atoms with van der Waals surface area (Å²) in [6, 6.07) is 13.0. The van der Waals surface area contributed by atoms with Crippen LogP contribution in [0, 0.1) is 0 Å². The number of hydrogen-bond acceptors (Lipinski definition) is 6. The molecule has 0 saturated carbocycles. The third-order valence-corrected chi connectivity index (χ3v) is 5.80. The number of methoxy groups -OCH3 is 2. The lowest BCUT2D eigenvalue weighted by Gasteiger charge is -2.30. The Hall–Kier alpha value is -2.87. The highest BCUT2D eigenvalue weighted by molar-refractivity contribution is 9.10. The lowest BCUT2D eigenvalue weighted by Crippen LogP contribution is -2.38. The summed E-state index contributed by atoms with van der Waals surface area (Å²) < 4.78 is 17.1. The van der Waals surface area contributed by atoms with Crippen molar-refractivity contribution in [1.29, 1.82) is 0 Å². The Morgan fingerprint density at radius 2 is 1.70 bits per heavy atom. The fourth-order valence-corrected chi connectivity index (χ4v) is 3.82. The molecule has 0 bridgehead atoms. The molecule has 0 atom stereocenters. The molecule has 2 aromatic carbocycles. The number of amides is 1. The molecule has 30 heavy (non-hydrogen) atoms. The van der Waals surface area contributed by atoms with Crippen LogP contribution in [0.2, 0.25) is 0 Å². The molecular formula is C22H22BrN3O4. The average molecular weight is 472 g/mol. The van der Waals surface area contributed by atoms with Crippen LogP contribution < -0.4 is 9.47 Å². The zero-order chi connectivity index (χ0) is 21.1. The summed E-state index contributed by atoms with van der Waals surface area (Å²) in [4.78, 5) is 19.4. The summed E-state index contributed by atoms with van der Waals surface area (Å²) in [6.07, 6.45) is 1.55. The van der Waals surface area contributed by atoms with Gasteiger partial charge in [0.2, 0.25) is 11.7 Å². The molecule has 1 aliphatic rings. The largest absolute Gasteiger partial charge is 0.497 e. The number of benzene rings is 2. The molecule has 1 aliphatic heterocycles. The van der Waals surface area contributed by atoms with Crippen molar-refractivity contribution in [3.63, 3.8) is 0 Å². The van der Waals surface area contributed by atoms with E-state index in [1.54, 1.807) is 32.4 Å². The van der Waals surface area contributed by atoms with Crippen molar-refractivity contribution in [1.82, 2.24) is 15.0 Å². The van der Waals surface area contributed by atoms with Gasteiger partial charge in [-0.25, -0.2) is 0 Å². The topological polar surface area (TPSA) is 77.7 Å². The molecule has 156 valence electrons. The van der Waals surface area contributed by atoms with E-state index in [1.165, 1.54) is 0 Å². The van der Waals surface area contributed by atoms with E-state index in [4.69, 9.17) is 14.0 Å². The lowest BCUT2D eigenvalue weighted by molar-refractivity contribution is 0.0704. The number of likely N-dealkylation sites (tertiary alicyclic amines) is 1. The van der Waals surface area contributed by atoms with Crippen LogP contribution in [-0.2, 0) is 0 Å². The maximum absolute atomic E-state index is 13.0. The maximum Gasteiger partial charge on any atom is 0.254 e. The molecule has 2 heterocycles. The van der Waals surface area contributed by atoms with Gasteiger partial charge in [-0.3, -0.25) is 4.79 Å². The monoisotopic (exact) mass is 471 g/mol. The van der Waals surface area contributed by atoms with Crippen LogP contribution in [0.25, 0.3) is 11.4 Å². The van der Waals surface area contributed by atoms with Gasteiger partial charge in [-0.15, -0.1) is 0 Å². The van der Waals surface area contributed by atoms with E-state index in [0.29, 0.717) is 41.9 Å². The van der Waals surface area contributed by atoms with Gasteiger partial charge in [-0.2, -0.15) is 4.98 Å². The van der Waals surface area contributed by atoms with Crippen molar-refractivity contribution in [3.8, 4) is 22.9 Å². The predicted octanol–water partition coefficient (Wildman–Crippen LogP) is 4.54. The molecule has 0 radical (unpaired) electrons. The molecule has 8 heteroatoms. The Labute approximate surface area is 183 Å². The van der Waals surface area contributed by atoms with Gasteiger partial charge in [0.25, 0.3) is 5.91 Å². The third kappa shape index (κ3) is 4.33. The molecule has 7 nitrogen and oxygen atoms in total. The summed E-state index contributed by atoms with van der Waals surface area (Å²) >= 11 is 3.43. The van der Waals surface area contributed by atoms with Crippen LogP contribution >= 0.6 is 15.9 Å². The van der Waals surface area contributed by atoms with E-state index >= 15 is 0 Å². The van der Waals surface area contributed by atoms with Crippen molar-refractivity contribution in [2.75, 3.05) is 27.3 Å². The van der Waals surface area contributed by atoms with Crippen molar-refractivity contribution in [2.45, 2.75) is 18.8 Å². The Kier molecular flexibility index (Phi) is 6.03. The van der Waals surface area contributed by atoms with Crippen LogP contribution in [0.5, 0.6) is 11.5 Å². The summed E-state index contributed by atoms with van der Waals surface area (Å²) in [6.45, 7) is 1.25. The molecule has 3 aromatic rings. The first-order valence-electron chi connectivity index (χ1n) is 9.69. The number of halogens is 1. The molecule has 4 rings (SSSR count). The van der Waals surface area contributed by atoms with Gasteiger partial charge in [-0.1, -0.05) is 21.1 Å². The van der Waals surface area contributed by atoms with Gasteiger partial charge in [0.15, 0.2) is 0 Å². The molecule has 0 N–H and O–H groups in total. The number of aromatic nitrogens is 2. The van der Waals surface area contributed by atoms with E-state index < -0.39 is 0 Å². The number of rotatable bonds is 5. The zero-order valence-electron chi connectivity index (χ0n) is 16.8. The second-order valence-electron chi connectivity index (χ2n) is 7.13. The lowest BCUT2D eigenvalue weighted by atomic mass is 9.96. The number of ether oxygens (including phenoxy) is 2.